The highest BCUT2D eigenvalue weighted by Gasteiger charge is 2.11. The van der Waals surface area contributed by atoms with Crippen LogP contribution in [-0.4, -0.2) is 10.1 Å². The largest absolute Gasteiger partial charge is 0.382 e. The topological polar surface area (TPSA) is 33.1 Å². The number of nitrogens with zero attached hydrogens (tertiary/aromatic N) is 1. The van der Waals surface area contributed by atoms with Crippen LogP contribution < -0.4 is 0 Å². The Morgan fingerprint density at radius 3 is 2.38 bits per heavy atom. The zero-order chi connectivity index (χ0) is 11.5. The number of aryl methyl sites for hydroxylation is 1. The Balaban J connectivity index is 2.28. The summed E-state index contributed by atoms with van der Waals surface area (Å²) in [7, 11) is 0. The van der Waals surface area contributed by atoms with Gasteiger partial charge in [0.1, 0.15) is 11.9 Å². The van der Waals surface area contributed by atoms with Gasteiger partial charge in [-0.25, -0.2) is 4.39 Å². The van der Waals surface area contributed by atoms with Gasteiger partial charge in [0.15, 0.2) is 0 Å². The van der Waals surface area contributed by atoms with Gasteiger partial charge in [0.2, 0.25) is 0 Å². The third-order valence-corrected chi connectivity index (χ3v) is 2.40. The molecule has 1 atom stereocenters. The number of pyridine rings is 1. The minimum Gasteiger partial charge on any atom is -0.382 e. The Morgan fingerprint density at radius 1 is 1.12 bits per heavy atom. The maximum atomic E-state index is 12.7. The maximum Gasteiger partial charge on any atom is 0.123 e. The van der Waals surface area contributed by atoms with Crippen LogP contribution in [0.3, 0.4) is 0 Å². The van der Waals surface area contributed by atoms with Crippen LogP contribution in [0.1, 0.15) is 22.9 Å². The predicted molar refractivity (Wildman–Crippen MR) is 59.4 cm³/mol. The number of hydrogen-bond donors (Lipinski definition) is 1. The Hall–Kier alpha value is -1.74. The molecular weight excluding hydrogens is 205 g/mol. The number of benzene rings is 1. The van der Waals surface area contributed by atoms with E-state index in [4.69, 9.17) is 0 Å². The summed E-state index contributed by atoms with van der Waals surface area (Å²) in [5.41, 5.74) is 2.24. The Kier molecular flexibility index (Phi) is 2.97. The van der Waals surface area contributed by atoms with Crippen molar-refractivity contribution in [2.45, 2.75) is 13.0 Å². The molecule has 1 N–H and O–H groups in total. The molecule has 0 aliphatic heterocycles. The van der Waals surface area contributed by atoms with Gasteiger partial charge in [-0.15, -0.1) is 0 Å². The highest BCUT2D eigenvalue weighted by molar-refractivity contribution is 5.26. The molecule has 0 amide bonds. The molecule has 0 saturated carbocycles. The second kappa shape index (κ2) is 4.41. The van der Waals surface area contributed by atoms with Crippen molar-refractivity contribution in [3.05, 3.63) is 65.2 Å². The molecular formula is C13H12FNO. The maximum absolute atomic E-state index is 12.7. The van der Waals surface area contributed by atoms with Crippen LogP contribution in [-0.2, 0) is 0 Å². The van der Waals surface area contributed by atoms with Crippen LogP contribution in [0.4, 0.5) is 4.39 Å². The van der Waals surface area contributed by atoms with Gasteiger partial charge >= 0.3 is 0 Å². The van der Waals surface area contributed by atoms with Crippen molar-refractivity contribution in [3.8, 4) is 0 Å². The third-order valence-electron chi connectivity index (χ3n) is 2.40. The molecule has 0 bridgehead atoms. The van der Waals surface area contributed by atoms with Crippen LogP contribution in [0.2, 0.25) is 0 Å². The molecule has 16 heavy (non-hydrogen) atoms. The minimum atomic E-state index is -0.804. The van der Waals surface area contributed by atoms with Crippen molar-refractivity contribution < 1.29 is 9.50 Å². The summed E-state index contributed by atoms with van der Waals surface area (Å²) >= 11 is 0. The summed E-state index contributed by atoms with van der Waals surface area (Å²) in [6.45, 7) is 1.93. The van der Waals surface area contributed by atoms with Crippen molar-refractivity contribution in [2.75, 3.05) is 0 Å². The quantitative estimate of drug-likeness (QED) is 0.838. The number of hydrogen-bond acceptors (Lipinski definition) is 2. The van der Waals surface area contributed by atoms with Crippen LogP contribution in [0.15, 0.2) is 42.6 Å². The Morgan fingerprint density at radius 2 is 1.81 bits per heavy atom. The molecule has 0 fully saturated rings. The van der Waals surface area contributed by atoms with Crippen molar-refractivity contribution >= 4 is 0 Å². The van der Waals surface area contributed by atoms with E-state index in [9.17, 15) is 9.50 Å². The lowest BCUT2D eigenvalue weighted by atomic mass is 10.1. The van der Waals surface area contributed by atoms with Gasteiger partial charge in [0.05, 0.1) is 5.69 Å². The molecule has 2 nitrogen and oxygen atoms in total. The summed E-state index contributed by atoms with van der Waals surface area (Å²) in [4.78, 5) is 4.13. The first-order valence-electron chi connectivity index (χ1n) is 5.03. The van der Waals surface area contributed by atoms with Crippen molar-refractivity contribution in [1.82, 2.24) is 4.98 Å². The molecule has 0 radical (unpaired) electrons. The lowest BCUT2D eigenvalue weighted by molar-refractivity contribution is 0.215. The van der Waals surface area contributed by atoms with E-state index in [0.717, 1.165) is 5.56 Å². The first-order valence-corrected chi connectivity index (χ1v) is 5.03. The normalized spacial score (nSPS) is 12.4. The van der Waals surface area contributed by atoms with E-state index in [0.29, 0.717) is 11.3 Å². The Labute approximate surface area is 93.4 Å². The fourth-order valence-corrected chi connectivity index (χ4v) is 1.46. The number of aliphatic hydroxyl groups excluding tert-OH is 1. The van der Waals surface area contributed by atoms with E-state index in [2.05, 4.69) is 4.98 Å². The summed E-state index contributed by atoms with van der Waals surface area (Å²) in [5.74, 6) is -0.312. The van der Waals surface area contributed by atoms with Gasteiger partial charge in [-0.05, 0) is 36.2 Å². The smallest absolute Gasteiger partial charge is 0.123 e. The summed E-state index contributed by atoms with van der Waals surface area (Å²) in [6, 6.07) is 9.42. The molecule has 1 aromatic carbocycles. The number of aromatic nitrogens is 1. The fraction of sp³-hybridized carbons (Fsp3) is 0.154. The van der Waals surface area contributed by atoms with E-state index >= 15 is 0 Å². The van der Waals surface area contributed by atoms with E-state index in [-0.39, 0.29) is 5.82 Å². The van der Waals surface area contributed by atoms with Crippen LogP contribution in [0, 0.1) is 12.7 Å². The van der Waals surface area contributed by atoms with Gasteiger partial charge in [-0.3, -0.25) is 4.98 Å². The molecule has 1 unspecified atom stereocenters. The molecule has 0 aliphatic carbocycles. The molecule has 0 aliphatic rings. The Bertz CT molecular complexity index is 419. The summed E-state index contributed by atoms with van der Waals surface area (Å²) in [6.07, 6.45) is 0.892. The standard InChI is InChI=1S/C13H12FNO/c1-9-2-7-12(15-8-9)13(16)10-3-5-11(14)6-4-10/h2-8,13,16H,1H3. The van der Waals surface area contributed by atoms with E-state index in [1.165, 1.54) is 12.1 Å². The van der Waals surface area contributed by atoms with Gasteiger partial charge in [-0.2, -0.15) is 0 Å². The zero-order valence-electron chi connectivity index (χ0n) is 8.89. The number of rotatable bonds is 2. The van der Waals surface area contributed by atoms with Crippen molar-refractivity contribution in [2.24, 2.45) is 0 Å². The average Bonchev–Trinajstić information content (AvgIpc) is 2.30. The van der Waals surface area contributed by atoms with Crippen LogP contribution in [0.5, 0.6) is 0 Å². The highest BCUT2D eigenvalue weighted by atomic mass is 19.1. The average molecular weight is 217 g/mol. The molecule has 0 spiro atoms. The first-order chi connectivity index (χ1) is 7.66. The molecule has 1 heterocycles. The lowest BCUT2D eigenvalue weighted by Gasteiger charge is -2.10. The lowest BCUT2D eigenvalue weighted by Crippen LogP contribution is -2.02. The first kappa shape index (κ1) is 10.8. The highest BCUT2D eigenvalue weighted by Crippen LogP contribution is 2.20. The van der Waals surface area contributed by atoms with Crippen molar-refractivity contribution in [1.29, 1.82) is 0 Å². The minimum absolute atomic E-state index is 0.312. The third kappa shape index (κ3) is 2.25. The second-order valence-electron chi connectivity index (χ2n) is 3.71. The predicted octanol–water partition coefficient (Wildman–Crippen LogP) is 2.61. The molecule has 2 aromatic rings. The number of halogens is 1. The van der Waals surface area contributed by atoms with E-state index < -0.39 is 6.10 Å². The van der Waals surface area contributed by atoms with Crippen molar-refractivity contribution in [3.63, 3.8) is 0 Å². The molecule has 2 rings (SSSR count). The number of aliphatic hydroxyl groups is 1. The molecule has 3 heteroatoms. The zero-order valence-corrected chi connectivity index (χ0v) is 8.89. The SMILES string of the molecule is Cc1ccc(C(O)c2ccc(F)cc2)nc1. The molecule has 0 saturated heterocycles. The van der Waals surface area contributed by atoms with Crippen LogP contribution in [0.25, 0.3) is 0 Å². The van der Waals surface area contributed by atoms with E-state index in [1.54, 1.807) is 24.4 Å². The van der Waals surface area contributed by atoms with Gasteiger partial charge < -0.3 is 5.11 Å². The second-order valence-corrected chi connectivity index (χ2v) is 3.71. The van der Waals surface area contributed by atoms with Gasteiger partial charge in [0, 0.05) is 6.20 Å². The van der Waals surface area contributed by atoms with Crippen LogP contribution >= 0.6 is 0 Å². The monoisotopic (exact) mass is 217 g/mol. The summed E-state index contributed by atoms with van der Waals surface area (Å²) in [5, 5.41) is 9.99. The molecule has 82 valence electrons. The van der Waals surface area contributed by atoms with Gasteiger partial charge in [-0.1, -0.05) is 18.2 Å². The van der Waals surface area contributed by atoms with Gasteiger partial charge in [0.25, 0.3) is 0 Å². The van der Waals surface area contributed by atoms with E-state index in [1.807, 2.05) is 13.0 Å². The fourth-order valence-electron chi connectivity index (χ4n) is 1.46. The summed E-state index contributed by atoms with van der Waals surface area (Å²) < 4.78 is 12.7. The molecule has 1 aromatic heterocycles.